The highest BCUT2D eigenvalue weighted by molar-refractivity contribution is 5.74. The van der Waals surface area contributed by atoms with Gasteiger partial charge in [0.15, 0.2) is 0 Å². The number of nitriles is 1. The molecule has 0 amide bonds. The van der Waals surface area contributed by atoms with Crippen molar-refractivity contribution in [2.24, 2.45) is 23.7 Å². The molecule has 0 aromatic rings. The van der Waals surface area contributed by atoms with Crippen LogP contribution in [0, 0.1) is 35.0 Å². The Hall–Kier alpha value is -1.08. The number of piperidine rings is 1. The standard InChI is InChI=1S/C17H26N2O2/c1-19-13-7-8-15(19)16(17(20)21-2)14(9-13)12-5-3-11(10-18)4-6-12/h11-16H,3-9H2,1-2H3/t11?,12?,13-,14-,15?,16?/m1/s1. The minimum atomic E-state index is -0.0143. The summed E-state index contributed by atoms with van der Waals surface area (Å²) in [5.74, 6) is 1.34. The van der Waals surface area contributed by atoms with Crippen molar-refractivity contribution in [3.8, 4) is 6.07 Å². The third kappa shape index (κ3) is 2.57. The van der Waals surface area contributed by atoms with Gasteiger partial charge in [-0.3, -0.25) is 9.69 Å². The molecule has 4 heteroatoms. The molecule has 2 unspecified atom stereocenters. The molecule has 0 aromatic heterocycles. The van der Waals surface area contributed by atoms with Crippen LogP contribution in [0.2, 0.25) is 0 Å². The third-order valence-electron chi connectivity index (χ3n) is 6.35. The first-order valence-electron chi connectivity index (χ1n) is 8.35. The summed E-state index contributed by atoms with van der Waals surface area (Å²) in [4.78, 5) is 14.8. The fourth-order valence-electron chi connectivity index (χ4n) is 5.13. The van der Waals surface area contributed by atoms with Crippen LogP contribution >= 0.6 is 0 Å². The van der Waals surface area contributed by atoms with Crippen LogP contribution in [0.3, 0.4) is 0 Å². The van der Waals surface area contributed by atoms with E-state index in [0.29, 0.717) is 23.9 Å². The lowest BCUT2D eigenvalue weighted by Crippen LogP contribution is -2.52. The molecule has 3 aliphatic rings. The lowest BCUT2D eigenvalue weighted by atomic mass is 9.67. The highest BCUT2D eigenvalue weighted by Crippen LogP contribution is 2.48. The first-order valence-corrected chi connectivity index (χ1v) is 8.35. The molecule has 0 N–H and O–H groups in total. The molecule has 21 heavy (non-hydrogen) atoms. The summed E-state index contributed by atoms with van der Waals surface area (Å²) in [5.41, 5.74) is 0. The molecule has 0 spiro atoms. The number of carbonyl (C=O) groups excluding carboxylic acids is 1. The van der Waals surface area contributed by atoms with Crippen molar-refractivity contribution in [2.75, 3.05) is 14.2 Å². The Morgan fingerprint density at radius 2 is 1.90 bits per heavy atom. The molecular formula is C17H26N2O2. The van der Waals surface area contributed by atoms with Gasteiger partial charge in [0.1, 0.15) is 0 Å². The summed E-state index contributed by atoms with van der Waals surface area (Å²) in [6.07, 6.45) is 7.73. The molecule has 0 aromatic carbocycles. The van der Waals surface area contributed by atoms with Gasteiger partial charge in [0.05, 0.1) is 19.1 Å². The van der Waals surface area contributed by atoms with Crippen LogP contribution in [-0.2, 0) is 9.53 Å². The van der Waals surface area contributed by atoms with Crippen LogP contribution in [0.4, 0.5) is 0 Å². The average Bonchev–Trinajstić information content (AvgIpc) is 2.76. The highest BCUT2D eigenvalue weighted by atomic mass is 16.5. The van der Waals surface area contributed by atoms with Crippen molar-refractivity contribution in [2.45, 2.75) is 57.0 Å². The number of hydrogen-bond donors (Lipinski definition) is 0. The van der Waals surface area contributed by atoms with Gasteiger partial charge in [-0.15, -0.1) is 0 Å². The summed E-state index contributed by atoms with van der Waals surface area (Å²) >= 11 is 0. The van der Waals surface area contributed by atoms with Crippen LogP contribution in [0.15, 0.2) is 0 Å². The van der Waals surface area contributed by atoms with Crippen LogP contribution in [0.1, 0.15) is 44.9 Å². The lowest BCUT2D eigenvalue weighted by Gasteiger charge is -2.45. The van der Waals surface area contributed by atoms with Crippen molar-refractivity contribution in [1.29, 1.82) is 5.26 Å². The second-order valence-corrected chi connectivity index (χ2v) is 7.15. The topological polar surface area (TPSA) is 53.3 Å². The number of esters is 1. The van der Waals surface area contributed by atoms with E-state index in [1.54, 1.807) is 0 Å². The molecule has 3 fully saturated rings. The number of methoxy groups -OCH3 is 1. The Labute approximate surface area is 127 Å². The summed E-state index contributed by atoms with van der Waals surface area (Å²) in [6, 6.07) is 3.43. The Bertz CT molecular complexity index is 437. The number of rotatable bonds is 2. The normalized spacial score (nSPS) is 43.3. The predicted octanol–water partition coefficient (Wildman–Crippen LogP) is 2.59. The van der Waals surface area contributed by atoms with E-state index in [2.05, 4.69) is 18.0 Å². The van der Waals surface area contributed by atoms with E-state index >= 15 is 0 Å². The predicted molar refractivity (Wildman–Crippen MR) is 79.2 cm³/mol. The maximum absolute atomic E-state index is 12.4. The Morgan fingerprint density at radius 3 is 2.52 bits per heavy atom. The largest absolute Gasteiger partial charge is 0.469 e. The van der Waals surface area contributed by atoms with E-state index in [1.165, 1.54) is 13.5 Å². The molecule has 2 heterocycles. The van der Waals surface area contributed by atoms with Gasteiger partial charge in [0.2, 0.25) is 0 Å². The highest BCUT2D eigenvalue weighted by Gasteiger charge is 2.51. The lowest BCUT2D eigenvalue weighted by molar-refractivity contribution is -0.154. The van der Waals surface area contributed by atoms with Gasteiger partial charge < -0.3 is 4.74 Å². The minimum Gasteiger partial charge on any atom is -0.469 e. The number of carbonyl (C=O) groups is 1. The molecule has 2 saturated heterocycles. The third-order valence-corrected chi connectivity index (χ3v) is 6.35. The van der Waals surface area contributed by atoms with E-state index in [4.69, 9.17) is 10.00 Å². The summed E-state index contributed by atoms with van der Waals surface area (Å²) in [6.45, 7) is 0. The van der Waals surface area contributed by atoms with E-state index < -0.39 is 0 Å². The van der Waals surface area contributed by atoms with Crippen molar-refractivity contribution >= 4 is 5.97 Å². The van der Waals surface area contributed by atoms with Crippen LogP contribution < -0.4 is 0 Å². The zero-order valence-electron chi connectivity index (χ0n) is 13.1. The number of nitrogens with zero attached hydrogens (tertiary/aromatic N) is 2. The fourth-order valence-corrected chi connectivity index (χ4v) is 5.13. The van der Waals surface area contributed by atoms with E-state index in [0.717, 1.165) is 38.5 Å². The van der Waals surface area contributed by atoms with Gasteiger partial charge in [-0.1, -0.05) is 0 Å². The molecule has 1 saturated carbocycles. The van der Waals surface area contributed by atoms with Crippen molar-refractivity contribution in [3.05, 3.63) is 0 Å². The molecule has 1 aliphatic carbocycles. The molecule has 116 valence electrons. The minimum absolute atomic E-state index is 0.0143. The summed E-state index contributed by atoms with van der Waals surface area (Å²) < 4.78 is 5.13. The fraction of sp³-hybridized carbons (Fsp3) is 0.882. The van der Waals surface area contributed by atoms with E-state index in [1.807, 2.05) is 0 Å². The number of fused-ring (bicyclic) bond motifs is 2. The van der Waals surface area contributed by atoms with Gasteiger partial charge in [-0.25, -0.2) is 0 Å². The zero-order valence-corrected chi connectivity index (χ0v) is 13.1. The Balaban J connectivity index is 1.77. The van der Waals surface area contributed by atoms with Gasteiger partial charge in [0.25, 0.3) is 0 Å². The maximum atomic E-state index is 12.4. The maximum Gasteiger partial charge on any atom is 0.310 e. The first kappa shape index (κ1) is 14.8. The molecule has 2 aliphatic heterocycles. The van der Waals surface area contributed by atoms with Gasteiger partial charge in [0, 0.05) is 18.0 Å². The quantitative estimate of drug-likeness (QED) is 0.734. The summed E-state index contributed by atoms with van der Waals surface area (Å²) in [7, 11) is 3.69. The average molecular weight is 290 g/mol. The SMILES string of the molecule is COC(=O)C1C2CC[C@H](C[C@@H]1C1CCC(C#N)CC1)N2C. The van der Waals surface area contributed by atoms with E-state index in [9.17, 15) is 4.79 Å². The molecule has 4 atom stereocenters. The van der Waals surface area contributed by atoms with Crippen LogP contribution in [0.5, 0.6) is 0 Å². The number of hydrogen-bond acceptors (Lipinski definition) is 4. The molecule has 3 rings (SSSR count). The molecule has 2 bridgehead atoms. The Kier molecular flexibility index (Phi) is 4.21. The van der Waals surface area contributed by atoms with E-state index in [-0.39, 0.29) is 17.8 Å². The van der Waals surface area contributed by atoms with Gasteiger partial charge in [-0.05, 0) is 63.8 Å². The Morgan fingerprint density at radius 1 is 1.19 bits per heavy atom. The zero-order chi connectivity index (χ0) is 15.0. The van der Waals surface area contributed by atoms with Crippen LogP contribution in [0.25, 0.3) is 0 Å². The second-order valence-electron chi connectivity index (χ2n) is 7.15. The van der Waals surface area contributed by atoms with Gasteiger partial charge >= 0.3 is 5.97 Å². The van der Waals surface area contributed by atoms with Crippen molar-refractivity contribution < 1.29 is 9.53 Å². The smallest absolute Gasteiger partial charge is 0.310 e. The summed E-state index contributed by atoms with van der Waals surface area (Å²) in [5, 5.41) is 9.06. The van der Waals surface area contributed by atoms with Crippen molar-refractivity contribution in [3.63, 3.8) is 0 Å². The van der Waals surface area contributed by atoms with Crippen LogP contribution in [-0.4, -0.2) is 37.1 Å². The molecule has 4 nitrogen and oxygen atoms in total. The molecular weight excluding hydrogens is 264 g/mol. The van der Waals surface area contributed by atoms with Gasteiger partial charge in [-0.2, -0.15) is 5.26 Å². The number of ether oxygens (including phenoxy) is 1. The second kappa shape index (κ2) is 5.96. The van der Waals surface area contributed by atoms with Crippen molar-refractivity contribution in [1.82, 2.24) is 4.90 Å². The monoisotopic (exact) mass is 290 g/mol. The molecule has 0 radical (unpaired) electrons. The first-order chi connectivity index (χ1) is 10.2.